The van der Waals surface area contributed by atoms with E-state index in [1.54, 1.807) is 0 Å². The summed E-state index contributed by atoms with van der Waals surface area (Å²) in [6.45, 7) is 4.99. The van der Waals surface area contributed by atoms with E-state index in [9.17, 15) is 0 Å². The summed E-state index contributed by atoms with van der Waals surface area (Å²) in [5.41, 5.74) is 5.75. The van der Waals surface area contributed by atoms with Crippen LogP contribution in [0, 0.1) is 24.2 Å². The van der Waals surface area contributed by atoms with E-state index in [0.29, 0.717) is 13.1 Å². The van der Waals surface area contributed by atoms with Gasteiger partial charge >= 0.3 is 0 Å². The number of rotatable bonds is 5. The fourth-order valence-corrected chi connectivity index (χ4v) is 1.75. The quantitative estimate of drug-likeness (QED) is 0.821. The van der Waals surface area contributed by atoms with Gasteiger partial charge in [0, 0.05) is 13.1 Å². The van der Waals surface area contributed by atoms with E-state index < -0.39 is 0 Å². The Labute approximate surface area is 96.6 Å². The van der Waals surface area contributed by atoms with Crippen LogP contribution in [-0.2, 0) is 0 Å². The highest BCUT2D eigenvalue weighted by atomic mass is 16.3. The maximum atomic E-state index is 8.78. The largest absolute Gasteiger partial charge is 0.465 e. The molecule has 0 bridgehead atoms. The van der Waals surface area contributed by atoms with Crippen LogP contribution in [0.25, 0.3) is 0 Å². The van der Waals surface area contributed by atoms with Gasteiger partial charge in [0.05, 0.1) is 18.0 Å². The minimum atomic E-state index is -0.00453. The minimum Gasteiger partial charge on any atom is -0.465 e. The summed E-state index contributed by atoms with van der Waals surface area (Å²) in [6.07, 6.45) is 0. The molecule has 16 heavy (non-hydrogen) atoms. The van der Waals surface area contributed by atoms with Crippen molar-refractivity contribution in [1.82, 2.24) is 4.90 Å². The standard InChI is InChI=1S/C12H19N3O/c1-9(6-13)8-15(3)11(7-14)12-5-4-10(2)16-12/h4-5,9,11H,7-8,14H2,1-3H3. The van der Waals surface area contributed by atoms with Gasteiger partial charge in [-0.3, -0.25) is 4.90 Å². The summed E-state index contributed by atoms with van der Waals surface area (Å²) in [5, 5.41) is 8.78. The van der Waals surface area contributed by atoms with E-state index in [2.05, 4.69) is 11.0 Å². The molecule has 4 heteroatoms. The van der Waals surface area contributed by atoms with Crippen LogP contribution in [0.1, 0.15) is 24.5 Å². The van der Waals surface area contributed by atoms with Crippen molar-refractivity contribution in [3.05, 3.63) is 23.7 Å². The van der Waals surface area contributed by atoms with Gasteiger partial charge in [-0.2, -0.15) is 5.26 Å². The first kappa shape index (κ1) is 12.8. The molecule has 4 nitrogen and oxygen atoms in total. The van der Waals surface area contributed by atoms with E-state index in [4.69, 9.17) is 15.4 Å². The molecule has 0 saturated heterocycles. The van der Waals surface area contributed by atoms with Gasteiger partial charge < -0.3 is 10.2 Å². The van der Waals surface area contributed by atoms with E-state index in [-0.39, 0.29) is 12.0 Å². The van der Waals surface area contributed by atoms with Gasteiger partial charge in [-0.25, -0.2) is 0 Å². The van der Waals surface area contributed by atoms with E-state index in [1.807, 2.05) is 33.0 Å². The molecule has 0 amide bonds. The van der Waals surface area contributed by atoms with Gasteiger partial charge in [0.25, 0.3) is 0 Å². The molecule has 88 valence electrons. The second kappa shape index (κ2) is 5.69. The lowest BCUT2D eigenvalue weighted by Gasteiger charge is -2.25. The number of likely N-dealkylation sites (N-methyl/N-ethyl adjacent to an activating group) is 1. The maximum absolute atomic E-state index is 8.78. The van der Waals surface area contributed by atoms with Crippen LogP contribution in [0.15, 0.2) is 16.5 Å². The number of nitriles is 1. The zero-order valence-electron chi connectivity index (χ0n) is 10.1. The molecule has 0 fully saturated rings. The highest BCUT2D eigenvalue weighted by molar-refractivity contribution is 5.10. The first-order chi connectivity index (χ1) is 7.58. The third-order valence-corrected chi connectivity index (χ3v) is 2.63. The van der Waals surface area contributed by atoms with Crippen molar-refractivity contribution < 1.29 is 4.42 Å². The number of hydrogen-bond acceptors (Lipinski definition) is 4. The topological polar surface area (TPSA) is 66.2 Å². The lowest BCUT2D eigenvalue weighted by molar-refractivity contribution is 0.206. The Kier molecular flexibility index (Phi) is 4.53. The number of furan rings is 1. The van der Waals surface area contributed by atoms with Crippen LogP contribution in [0.4, 0.5) is 0 Å². The van der Waals surface area contributed by atoms with Crippen LogP contribution >= 0.6 is 0 Å². The predicted octanol–water partition coefficient (Wildman–Crippen LogP) is 1.68. The molecule has 1 aromatic heterocycles. The van der Waals surface area contributed by atoms with Crippen LogP contribution < -0.4 is 5.73 Å². The van der Waals surface area contributed by atoms with Crippen molar-refractivity contribution in [3.8, 4) is 6.07 Å². The summed E-state index contributed by atoms with van der Waals surface area (Å²) >= 11 is 0. The molecule has 2 unspecified atom stereocenters. The average Bonchev–Trinajstić information content (AvgIpc) is 2.65. The Bertz CT molecular complexity index is 367. The Morgan fingerprint density at radius 1 is 1.56 bits per heavy atom. The third-order valence-electron chi connectivity index (χ3n) is 2.63. The summed E-state index contributed by atoms with van der Waals surface area (Å²) < 4.78 is 5.57. The molecule has 1 aromatic rings. The van der Waals surface area contributed by atoms with Crippen molar-refractivity contribution in [2.45, 2.75) is 19.9 Å². The molecule has 0 aromatic carbocycles. The Hall–Kier alpha value is -1.31. The number of nitrogens with two attached hydrogens (primary N) is 1. The fourth-order valence-electron chi connectivity index (χ4n) is 1.75. The minimum absolute atomic E-state index is 0.00453. The molecule has 0 spiro atoms. The SMILES string of the molecule is Cc1ccc(C(CN)N(C)CC(C)C#N)o1. The smallest absolute Gasteiger partial charge is 0.122 e. The molecule has 0 aliphatic rings. The molecular weight excluding hydrogens is 202 g/mol. The van der Waals surface area contributed by atoms with Crippen LogP contribution in [-0.4, -0.2) is 25.0 Å². The fraction of sp³-hybridized carbons (Fsp3) is 0.583. The maximum Gasteiger partial charge on any atom is 0.122 e. The molecule has 1 heterocycles. The first-order valence-electron chi connectivity index (χ1n) is 5.44. The number of aryl methyl sites for hydroxylation is 1. The van der Waals surface area contributed by atoms with Gasteiger partial charge in [0.2, 0.25) is 0 Å². The van der Waals surface area contributed by atoms with Crippen molar-refractivity contribution in [2.75, 3.05) is 20.1 Å². The highest BCUT2D eigenvalue weighted by Crippen LogP contribution is 2.21. The summed E-state index contributed by atoms with van der Waals surface area (Å²) in [6, 6.07) is 6.14. The normalized spacial score (nSPS) is 14.8. The van der Waals surface area contributed by atoms with Crippen molar-refractivity contribution >= 4 is 0 Å². The van der Waals surface area contributed by atoms with Gasteiger partial charge in [-0.15, -0.1) is 0 Å². The average molecular weight is 221 g/mol. The van der Waals surface area contributed by atoms with E-state index in [0.717, 1.165) is 11.5 Å². The molecular formula is C12H19N3O. The predicted molar refractivity (Wildman–Crippen MR) is 62.6 cm³/mol. The Balaban J connectivity index is 2.71. The van der Waals surface area contributed by atoms with Crippen LogP contribution in [0.5, 0.6) is 0 Å². The summed E-state index contributed by atoms with van der Waals surface area (Å²) in [4.78, 5) is 2.06. The van der Waals surface area contributed by atoms with Gasteiger partial charge in [-0.1, -0.05) is 0 Å². The molecule has 0 radical (unpaired) electrons. The zero-order chi connectivity index (χ0) is 12.1. The van der Waals surface area contributed by atoms with E-state index in [1.165, 1.54) is 0 Å². The summed E-state index contributed by atoms with van der Waals surface area (Å²) in [7, 11) is 1.96. The molecule has 0 aliphatic heterocycles. The molecule has 0 saturated carbocycles. The van der Waals surface area contributed by atoms with Crippen molar-refractivity contribution in [3.63, 3.8) is 0 Å². The zero-order valence-corrected chi connectivity index (χ0v) is 10.1. The molecule has 1 rings (SSSR count). The van der Waals surface area contributed by atoms with Gasteiger partial charge in [-0.05, 0) is 33.0 Å². The first-order valence-corrected chi connectivity index (χ1v) is 5.44. The van der Waals surface area contributed by atoms with Crippen LogP contribution in [0.2, 0.25) is 0 Å². The van der Waals surface area contributed by atoms with E-state index >= 15 is 0 Å². The lowest BCUT2D eigenvalue weighted by Crippen LogP contribution is -2.33. The lowest BCUT2D eigenvalue weighted by atomic mass is 10.1. The molecule has 0 aliphatic carbocycles. The van der Waals surface area contributed by atoms with Gasteiger partial charge in [0.15, 0.2) is 0 Å². The summed E-state index contributed by atoms with van der Waals surface area (Å²) in [5.74, 6) is 1.75. The van der Waals surface area contributed by atoms with Gasteiger partial charge in [0.1, 0.15) is 11.5 Å². The Morgan fingerprint density at radius 3 is 2.69 bits per heavy atom. The number of hydrogen-bond donors (Lipinski definition) is 1. The van der Waals surface area contributed by atoms with Crippen molar-refractivity contribution in [1.29, 1.82) is 5.26 Å². The second-order valence-corrected chi connectivity index (χ2v) is 4.17. The van der Waals surface area contributed by atoms with Crippen molar-refractivity contribution in [2.24, 2.45) is 11.7 Å². The van der Waals surface area contributed by atoms with Crippen LogP contribution in [0.3, 0.4) is 0 Å². The monoisotopic (exact) mass is 221 g/mol. The Morgan fingerprint density at radius 2 is 2.25 bits per heavy atom. The molecule has 2 N–H and O–H groups in total. The molecule has 2 atom stereocenters. The number of nitrogens with zero attached hydrogens (tertiary/aromatic N) is 2. The third kappa shape index (κ3) is 3.09. The highest BCUT2D eigenvalue weighted by Gasteiger charge is 2.20. The second-order valence-electron chi connectivity index (χ2n) is 4.17.